The summed E-state index contributed by atoms with van der Waals surface area (Å²) in [5, 5.41) is 0.590. The number of hydrogen-bond donors (Lipinski definition) is 1. The second-order valence-electron chi connectivity index (χ2n) is 14.1. The molecule has 2 aromatic carbocycles. The van der Waals surface area contributed by atoms with Crippen molar-refractivity contribution in [3.8, 4) is 5.75 Å². The van der Waals surface area contributed by atoms with E-state index in [4.69, 9.17) is 32.7 Å². The number of nitrogens with zero attached hydrogens (tertiary/aromatic N) is 2. The van der Waals surface area contributed by atoms with Gasteiger partial charge in [0, 0.05) is 22.7 Å². The summed E-state index contributed by atoms with van der Waals surface area (Å²) in [5.41, 5.74) is 1.85. The molecule has 1 N–H and O–H groups in total. The Morgan fingerprint density at radius 1 is 1.05 bits per heavy atom. The highest BCUT2D eigenvalue weighted by molar-refractivity contribution is 7.93. The summed E-state index contributed by atoms with van der Waals surface area (Å²) in [6.07, 6.45) is 5.18. The zero-order chi connectivity index (χ0) is 31.3. The van der Waals surface area contributed by atoms with Gasteiger partial charge in [-0.1, -0.05) is 57.1 Å². The number of carbonyl (C=O) groups excluding carboxylic acids is 1. The molecule has 1 unspecified atom stereocenters. The molecule has 0 radical (unpaired) electrons. The van der Waals surface area contributed by atoms with E-state index in [1.165, 1.54) is 10.0 Å². The van der Waals surface area contributed by atoms with Crippen molar-refractivity contribution in [1.29, 1.82) is 4.78 Å². The van der Waals surface area contributed by atoms with Crippen molar-refractivity contribution in [1.82, 2.24) is 8.87 Å². The van der Waals surface area contributed by atoms with Gasteiger partial charge in [-0.2, -0.15) is 0 Å². The van der Waals surface area contributed by atoms with Gasteiger partial charge in [-0.15, -0.1) is 0 Å². The minimum Gasteiger partial charge on any atom is -0.493 e. The summed E-state index contributed by atoms with van der Waals surface area (Å²) in [4.78, 5) is 16.5. The average Bonchev–Trinajstić information content (AvgIpc) is 3.79. The van der Waals surface area contributed by atoms with Gasteiger partial charge in [0.2, 0.25) is 0 Å². The van der Waals surface area contributed by atoms with Crippen LogP contribution in [-0.2, 0) is 16.5 Å². The summed E-state index contributed by atoms with van der Waals surface area (Å²) in [7, 11) is -6.16. The molecular formula is C32H44Cl2FN3O3SSi. The van der Waals surface area contributed by atoms with Gasteiger partial charge in [0.1, 0.15) is 21.5 Å². The van der Waals surface area contributed by atoms with Crippen LogP contribution in [0.2, 0.25) is 28.2 Å². The highest BCUT2D eigenvalue weighted by Gasteiger charge is 2.52. The van der Waals surface area contributed by atoms with Crippen LogP contribution in [0, 0.1) is 16.5 Å². The lowest BCUT2D eigenvalue weighted by Gasteiger charge is -2.46. The van der Waals surface area contributed by atoms with Gasteiger partial charge < -0.3 is 4.74 Å². The molecule has 2 aromatic rings. The van der Waals surface area contributed by atoms with E-state index in [0.717, 1.165) is 56.4 Å². The van der Waals surface area contributed by atoms with Crippen LogP contribution in [0.15, 0.2) is 30.3 Å². The topological polar surface area (TPSA) is 73.7 Å². The third-order valence-electron chi connectivity index (χ3n) is 9.63. The first-order valence-corrected chi connectivity index (χ1v) is 20.6. The molecule has 5 rings (SSSR count). The summed E-state index contributed by atoms with van der Waals surface area (Å²) in [5.74, 6) is -0.220. The number of amides is 1. The molecule has 2 saturated carbocycles. The van der Waals surface area contributed by atoms with Crippen LogP contribution >= 0.6 is 23.2 Å². The van der Waals surface area contributed by atoms with Crippen molar-refractivity contribution >= 4 is 47.3 Å². The van der Waals surface area contributed by atoms with E-state index < -0.39 is 29.9 Å². The first-order chi connectivity index (χ1) is 20.1. The Bertz CT molecular complexity index is 1460. The zero-order valence-corrected chi connectivity index (χ0v) is 29.2. The number of carbonyl (C=O) groups is 1. The Balaban J connectivity index is 1.30. The number of halogens is 3. The van der Waals surface area contributed by atoms with E-state index in [9.17, 15) is 9.00 Å². The molecule has 6 nitrogen and oxygen atoms in total. The monoisotopic (exact) mass is 667 g/mol. The number of ether oxygens (including phenoxy) is 1. The molecule has 1 atom stereocenters. The van der Waals surface area contributed by atoms with Crippen molar-refractivity contribution in [3.63, 3.8) is 0 Å². The van der Waals surface area contributed by atoms with E-state index in [2.05, 4.69) is 4.90 Å². The van der Waals surface area contributed by atoms with Gasteiger partial charge in [0.15, 0.2) is 8.24 Å². The molecule has 0 spiro atoms. The molecule has 2 aliphatic carbocycles. The van der Waals surface area contributed by atoms with Crippen LogP contribution in [0.1, 0.15) is 86.7 Å². The van der Waals surface area contributed by atoms with Crippen molar-refractivity contribution in [3.05, 3.63) is 62.9 Å². The van der Waals surface area contributed by atoms with Crippen LogP contribution < -0.4 is 4.74 Å². The molecule has 0 aromatic heterocycles. The van der Waals surface area contributed by atoms with Gasteiger partial charge >= 0.3 is 0 Å². The molecule has 11 heteroatoms. The van der Waals surface area contributed by atoms with Gasteiger partial charge in [-0.3, -0.25) is 13.7 Å². The highest BCUT2D eigenvalue weighted by atomic mass is 35.5. The number of nitrogens with one attached hydrogen (secondary N) is 1. The van der Waals surface area contributed by atoms with Gasteiger partial charge in [-0.05, 0) is 104 Å². The molecule has 1 saturated heterocycles. The SMILES string of the molecule is CC(C)(C)[Si](C)(C)N(C(=O)c1cc(C2CC2)c(OCC2CCN(Cc3cc(Cl)cc(Cl)c3)CC2)cc1F)S(=N)(=O)C1CC1. The molecule has 3 fully saturated rings. The van der Waals surface area contributed by atoms with Gasteiger partial charge in [0.05, 0.1) is 17.4 Å². The second kappa shape index (κ2) is 12.3. The molecule has 1 heterocycles. The third-order valence-corrected chi connectivity index (χ3v) is 19.2. The fraction of sp³-hybridized carbons (Fsp3) is 0.594. The lowest BCUT2D eigenvalue weighted by Crippen LogP contribution is -2.60. The van der Waals surface area contributed by atoms with Crippen LogP contribution in [0.25, 0.3) is 0 Å². The molecule has 1 aliphatic heterocycles. The van der Waals surface area contributed by atoms with E-state index in [-0.39, 0.29) is 21.8 Å². The van der Waals surface area contributed by atoms with Crippen molar-refractivity contribution in [2.24, 2.45) is 5.92 Å². The molecular weight excluding hydrogens is 624 g/mol. The molecule has 236 valence electrons. The smallest absolute Gasteiger partial charge is 0.261 e. The van der Waals surface area contributed by atoms with E-state index in [0.29, 0.717) is 41.2 Å². The number of rotatable bonds is 10. The first-order valence-electron chi connectivity index (χ1n) is 15.3. The maximum atomic E-state index is 15.8. The third kappa shape index (κ3) is 7.27. The largest absolute Gasteiger partial charge is 0.493 e. The minimum absolute atomic E-state index is 0.0888. The fourth-order valence-corrected chi connectivity index (χ4v) is 12.9. The molecule has 0 bridgehead atoms. The van der Waals surface area contributed by atoms with Crippen LogP contribution in [0.3, 0.4) is 0 Å². The fourth-order valence-electron chi connectivity index (χ4n) is 5.72. The molecule has 3 aliphatic rings. The standard InChI is InChI=1S/C32H44Cl2FN3O3SSi/c1-32(2,3)43(4,5)38(42(36,40)26-8-9-26)31(39)28-17-27(23-6-7-23)30(18-29(28)35)41-20-21-10-12-37(13-11-21)19-22-14-24(33)16-25(34)15-22/h14-18,21,23,26,36H,6-13,19-20H2,1-5H3. The van der Waals surface area contributed by atoms with Crippen molar-refractivity contribution in [2.45, 2.75) is 95.1 Å². The number of likely N-dealkylation sites (tertiary alicyclic amines) is 1. The number of hydrogen-bond acceptors (Lipinski definition) is 5. The lowest BCUT2D eigenvalue weighted by molar-refractivity contribution is 0.0909. The first kappa shape index (κ1) is 32.7. The predicted octanol–water partition coefficient (Wildman–Crippen LogP) is 8.87. The normalized spacial score (nSPS) is 20.1. The summed E-state index contributed by atoms with van der Waals surface area (Å²) in [6.45, 7) is 13.1. The van der Waals surface area contributed by atoms with Crippen LogP contribution in [-0.4, -0.2) is 52.2 Å². The quantitative estimate of drug-likeness (QED) is 0.257. The second-order valence-corrected chi connectivity index (χ2v) is 22.6. The van der Waals surface area contributed by atoms with Crippen LogP contribution in [0.5, 0.6) is 5.75 Å². The number of piperidine rings is 1. The maximum absolute atomic E-state index is 15.8. The Labute approximate surface area is 267 Å². The predicted molar refractivity (Wildman–Crippen MR) is 176 cm³/mol. The van der Waals surface area contributed by atoms with E-state index in [1.807, 2.05) is 46.0 Å². The number of benzene rings is 2. The minimum atomic E-state index is -3.38. The maximum Gasteiger partial charge on any atom is 0.261 e. The van der Waals surface area contributed by atoms with Crippen LogP contribution in [0.4, 0.5) is 4.39 Å². The van der Waals surface area contributed by atoms with Gasteiger partial charge in [-0.25, -0.2) is 13.4 Å². The Hall–Kier alpha value is -1.65. The summed E-state index contributed by atoms with van der Waals surface area (Å²) < 4.78 is 46.1. The Kier molecular flexibility index (Phi) is 9.34. The van der Waals surface area contributed by atoms with Gasteiger partial charge in [0.25, 0.3) is 5.91 Å². The molecule has 1 amide bonds. The Morgan fingerprint density at radius 2 is 1.65 bits per heavy atom. The van der Waals surface area contributed by atoms with E-state index >= 15 is 4.39 Å². The summed E-state index contributed by atoms with van der Waals surface area (Å²) in [6, 6.07) is 8.62. The Morgan fingerprint density at radius 3 is 2.19 bits per heavy atom. The average molecular weight is 669 g/mol. The van der Waals surface area contributed by atoms with Crippen molar-refractivity contribution in [2.75, 3.05) is 19.7 Å². The van der Waals surface area contributed by atoms with Crippen molar-refractivity contribution < 1.29 is 18.1 Å². The lowest BCUT2D eigenvalue weighted by atomic mass is 9.97. The van der Waals surface area contributed by atoms with E-state index in [1.54, 1.807) is 12.1 Å². The zero-order valence-electron chi connectivity index (χ0n) is 25.9. The highest BCUT2D eigenvalue weighted by Crippen LogP contribution is 2.47. The molecule has 43 heavy (non-hydrogen) atoms. The summed E-state index contributed by atoms with van der Waals surface area (Å²) >= 11 is 12.3.